The molecule has 4 heteroatoms. The minimum atomic E-state index is 0. The van der Waals surface area contributed by atoms with Crippen LogP contribution in [0.5, 0.6) is 0 Å². The molecule has 1 fully saturated rings. The van der Waals surface area contributed by atoms with Crippen LogP contribution in [0.25, 0.3) is 11.0 Å². The van der Waals surface area contributed by atoms with Gasteiger partial charge in [-0.05, 0) is 30.5 Å². The van der Waals surface area contributed by atoms with Crippen LogP contribution in [0.15, 0.2) is 18.2 Å². The molecule has 0 unspecified atom stereocenters. The highest BCUT2D eigenvalue weighted by molar-refractivity contribution is 6.17. The summed E-state index contributed by atoms with van der Waals surface area (Å²) >= 11 is 5.77. The van der Waals surface area contributed by atoms with Crippen molar-refractivity contribution in [3.63, 3.8) is 0 Å². The van der Waals surface area contributed by atoms with Gasteiger partial charge in [-0.15, -0.1) is 24.0 Å². The molecule has 0 spiro atoms. The molecule has 1 saturated carbocycles. The van der Waals surface area contributed by atoms with Crippen LogP contribution in [0, 0.1) is 0 Å². The second-order valence-corrected chi connectivity index (χ2v) is 4.15. The van der Waals surface area contributed by atoms with Crippen molar-refractivity contribution < 1.29 is 0 Å². The van der Waals surface area contributed by atoms with Crippen LogP contribution in [-0.2, 0) is 5.88 Å². The Hall–Kier alpha value is -0.730. The van der Waals surface area contributed by atoms with Crippen molar-refractivity contribution in [3.05, 3.63) is 29.6 Å². The molecule has 0 atom stereocenters. The molecule has 0 bridgehead atoms. The zero-order valence-electron chi connectivity index (χ0n) is 8.16. The van der Waals surface area contributed by atoms with Crippen LogP contribution >= 0.6 is 24.0 Å². The van der Waals surface area contributed by atoms with Crippen molar-refractivity contribution in [3.8, 4) is 0 Å². The van der Waals surface area contributed by atoms with Gasteiger partial charge in [-0.3, -0.25) is 0 Å². The first kappa shape index (κ1) is 10.8. The summed E-state index contributed by atoms with van der Waals surface area (Å²) < 4.78 is 0. The third kappa shape index (κ3) is 1.97. The molecule has 1 N–H and O–H groups in total. The van der Waals surface area contributed by atoms with Crippen LogP contribution in [0.1, 0.15) is 30.1 Å². The number of benzene rings is 1. The first-order chi connectivity index (χ1) is 6.86. The Morgan fingerprint density at radius 3 is 2.87 bits per heavy atom. The maximum absolute atomic E-state index is 5.77. The Morgan fingerprint density at radius 2 is 2.20 bits per heavy atom. The normalized spacial score (nSPS) is 15.3. The number of halogens is 2. The SMILES string of the molecule is Cl.ClCc1ccc2nc(C3CC3)[nH]c2c1. The van der Waals surface area contributed by atoms with Crippen LogP contribution in [0.2, 0.25) is 0 Å². The summed E-state index contributed by atoms with van der Waals surface area (Å²) in [6.07, 6.45) is 2.56. The number of imidazole rings is 1. The third-order valence-electron chi connectivity index (χ3n) is 2.68. The van der Waals surface area contributed by atoms with Crippen LogP contribution in [0.3, 0.4) is 0 Å². The fraction of sp³-hybridized carbons (Fsp3) is 0.364. The zero-order chi connectivity index (χ0) is 9.54. The minimum Gasteiger partial charge on any atom is -0.342 e. The van der Waals surface area contributed by atoms with Crippen molar-refractivity contribution in [2.45, 2.75) is 24.6 Å². The Bertz CT molecular complexity index is 474. The molecule has 15 heavy (non-hydrogen) atoms. The highest BCUT2D eigenvalue weighted by Gasteiger charge is 2.26. The summed E-state index contributed by atoms with van der Waals surface area (Å²) in [6, 6.07) is 6.16. The van der Waals surface area contributed by atoms with E-state index in [1.54, 1.807) is 0 Å². The van der Waals surface area contributed by atoms with Crippen molar-refractivity contribution in [1.82, 2.24) is 9.97 Å². The number of nitrogens with zero attached hydrogens (tertiary/aromatic N) is 1. The molecule has 2 aromatic rings. The molecular formula is C11H12Cl2N2. The number of hydrogen-bond donors (Lipinski definition) is 1. The summed E-state index contributed by atoms with van der Waals surface area (Å²) in [5.74, 6) is 2.39. The average Bonchev–Trinajstić information content (AvgIpc) is 2.97. The zero-order valence-corrected chi connectivity index (χ0v) is 9.74. The largest absolute Gasteiger partial charge is 0.342 e. The van der Waals surface area contributed by atoms with Crippen molar-refractivity contribution in [2.75, 3.05) is 0 Å². The standard InChI is InChI=1S/C11H11ClN2.ClH/c12-6-7-1-4-9-10(5-7)14-11(13-9)8-2-3-8;/h1,4-5,8H,2-3,6H2,(H,13,14);1H. The number of aromatic nitrogens is 2. The smallest absolute Gasteiger partial charge is 0.110 e. The Kier molecular flexibility index (Phi) is 2.89. The second-order valence-electron chi connectivity index (χ2n) is 3.88. The minimum absolute atomic E-state index is 0. The van der Waals surface area contributed by atoms with Gasteiger partial charge in [0.1, 0.15) is 5.82 Å². The van der Waals surface area contributed by atoms with Gasteiger partial charge in [0.05, 0.1) is 11.0 Å². The summed E-state index contributed by atoms with van der Waals surface area (Å²) in [4.78, 5) is 7.91. The van der Waals surface area contributed by atoms with E-state index >= 15 is 0 Å². The highest BCUT2D eigenvalue weighted by atomic mass is 35.5. The van der Waals surface area contributed by atoms with E-state index in [0.29, 0.717) is 11.8 Å². The molecule has 1 heterocycles. The maximum atomic E-state index is 5.77. The van der Waals surface area contributed by atoms with Crippen LogP contribution in [0.4, 0.5) is 0 Å². The summed E-state index contributed by atoms with van der Waals surface area (Å²) in [5.41, 5.74) is 3.32. The number of aromatic amines is 1. The average molecular weight is 243 g/mol. The maximum Gasteiger partial charge on any atom is 0.110 e. The van der Waals surface area contributed by atoms with Crippen LogP contribution < -0.4 is 0 Å². The van der Waals surface area contributed by atoms with Gasteiger partial charge in [0.15, 0.2) is 0 Å². The molecule has 0 aliphatic heterocycles. The van der Waals surface area contributed by atoms with E-state index in [2.05, 4.69) is 16.0 Å². The van der Waals surface area contributed by atoms with Gasteiger partial charge in [0.25, 0.3) is 0 Å². The lowest BCUT2D eigenvalue weighted by Gasteiger charge is -1.92. The molecule has 1 aliphatic rings. The first-order valence-corrected chi connectivity index (χ1v) is 5.45. The van der Waals surface area contributed by atoms with E-state index in [1.165, 1.54) is 12.8 Å². The molecule has 0 saturated heterocycles. The van der Waals surface area contributed by atoms with Gasteiger partial charge < -0.3 is 4.98 Å². The second kappa shape index (κ2) is 4.03. The lowest BCUT2D eigenvalue weighted by atomic mass is 10.2. The number of fused-ring (bicyclic) bond motifs is 1. The van der Waals surface area contributed by atoms with Crippen molar-refractivity contribution in [2.24, 2.45) is 0 Å². The number of alkyl halides is 1. The molecule has 1 aromatic carbocycles. The van der Waals surface area contributed by atoms with Gasteiger partial charge in [-0.25, -0.2) is 4.98 Å². The Balaban J connectivity index is 0.000000853. The predicted molar refractivity (Wildman–Crippen MR) is 64.9 cm³/mol. The van der Waals surface area contributed by atoms with E-state index in [1.807, 2.05) is 12.1 Å². The predicted octanol–water partition coefficient (Wildman–Crippen LogP) is 3.60. The molecule has 0 amide bonds. The van der Waals surface area contributed by atoms with E-state index in [0.717, 1.165) is 22.4 Å². The monoisotopic (exact) mass is 242 g/mol. The van der Waals surface area contributed by atoms with Gasteiger partial charge in [0.2, 0.25) is 0 Å². The number of rotatable bonds is 2. The van der Waals surface area contributed by atoms with Gasteiger partial charge in [-0.1, -0.05) is 6.07 Å². The quantitative estimate of drug-likeness (QED) is 0.802. The number of H-pyrrole nitrogens is 1. The lowest BCUT2D eigenvalue weighted by Crippen LogP contribution is -1.79. The van der Waals surface area contributed by atoms with Gasteiger partial charge >= 0.3 is 0 Å². The highest BCUT2D eigenvalue weighted by Crippen LogP contribution is 2.39. The summed E-state index contributed by atoms with van der Waals surface area (Å²) in [6.45, 7) is 0. The molecule has 1 aliphatic carbocycles. The molecule has 2 nitrogen and oxygen atoms in total. The van der Waals surface area contributed by atoms with Gasteiger partial charge in [-0.2, -0.15) is 0 Å². The fourth-order valence-corrected chi connectivity index (χ4v) is 1.88. The third-order valence-corrected chi connectivity index (χ3v) is 2.99. The van der Waals surface area contributed by atoms with Crippen molar-refractivity contribution in [1.29, 1.82) is 0 Å². The van der Waals surface area contributed by atoms with Gasteiger partial charge in [0, 0.05) is 11.8 Å². The summed E-state index contributed by atoms with van der Waals surface area (Å²) in [5, 5.41) is 0. The van der Waals surface area contributed by atoms with Crippen LogP contribution in [-0.4, -0.2) is 9.97 Å². The molecule has 80 valence electrons. The first-order valence-electron chi connectivity index (χ1n) is 4.91. The molecule has 3 rings (SSSR count). The topological polar surface area (TPSA) is 28.7 Å². The lowest BCUT2D eigenvalue weighted by molar-refractivity contribution is 0.986. The fourth-order valence-electron chi connectivity index (χ4n) is 1.71. The summed E-state index contributed by atoms with van der Waals surface area (Å²) in [7, 11) is 0. The number of hydrogen-bond acceptors (Lipinski definition) is 1. The molecule has 1 aromatic heterocycles. The van der Waals surface area contributed by atoms with Crippen molar-refractivity contribution >= 4 is 35.0 Å². The molecular weight excluding hydrogens is 231 g/mol. The molecule has 0 radical (unpaired) electrons. The van der Waals surface area contributed by atoms with E-state index in [-0.39, 0.29) is 12.4 Å². The Morgan fingerprint density at radius 1 is 1.40 bits per heavy atom. The van der Waals surface area contributed by atoms with E-state index in [4.69, 9.17) is 11.6 Å². The Labute approximate surface area is 99.5 Å². The van der Waals surface area contributed by atoms with E-state index in [9.17, 15) is 0 Å². The van der Waals surface area contributed by atoms with E-state index < -0.39 is 0 Å². The number of nitrogens with one attached hydrogen (secondary N) is 1.